The zero-order chi connectivity index (χ0) is 22.3. The third-order valence-corrected chi connectivity index (χ3v) is 4.32. The molecule has 2 aromatic rings. The number of carboxylic acid groups (broad SMARTS) is 1. The van der Waals surface area contributed by atoms with Gasteiger partial charge in [-0.25, -0.2) is 9.59 Å². The van der Waals surface area contributed by atoms with E-state index in [4.69, 9.17) is 9.47 Å². The van der Waals surface area contributed by atoms with E-state index in [0.717, 1.165) is 22.3 Å². The highest BCUT2D eigenvalue weighted by Crippen LogP contribution is 2.28. The fourth-order valence-corrected chi connectivity index (χ4v) is 2.90. The molecule has 0 heterocycles. The van der Waals surface area contributed by atoms with Crippen molar-refractivity contribution in [1.82, 2.24) is 5.32 Å². The molecule has 0 saturated carbocycles. The number of benzene rings is 2. The third kappa shape index (κ3) is 6.65. The van der Waals surface area contributed by atoms with Crippen molar-refractivity contribution >= 4 is 18.1 Å². The molecule has 0 spiro atoms. The average Bonchev–Trinajstić information content (AvgIpc) is 2.69. The maximum Gasteiger partial charge on any atom is 0.407 e. The van der Waals surface area contributed by atoms with Crippen LogP contribution >= 0.6 is 0 Å². The first-order valence-electron chi connectivity index (χ1n) is 9.81. The molecule has 30 heavy (non-hydrogen) atoms. The molecule has 0 bridgehead atoms. The summed E-state index contributed by atoms with van der Waals surface area (Å²) in [7, 11) is 1.58. The Hall–Kier alpha value is -3.28. The molecule has 0 aliphatic rings. The van der Waals surface area contributed by atoms with E-state index in [-0.39, 0.29) is 6.54 Å². The van der Waals surface area contributed by atoms with Gasteiger partial charge in [-0.15, -0.1) is 0 Å². The van der Waals surface area contributed by atoms with Gasteiger partial charge in [0.25, 0.3) is 0 Å². The minimum absolute atomic E-state index is 0.254. The molecule has 0 atom stereocenters. The second-order valence-corrected chi connectivity index (χ2v) is 7.84. The number of alkyl carbamates (subject to hydrolysis) is 1. The fraction of sp³-hybridized carbons (Fsp3) is 0.333. The van der Waals surface area contributed by atoms with Gasteiger partial charge in [-0.05, 0) is 68.2 Å². The largest absolute Gasteiger partial charge is 0.496 e. The van der Waals surface area contributed by atoms with E-state index in [1.807, 2.05) is 70.2 Å². The standard InChI is InChI=1S/C24H29NO5/c1-6-17(22(26)27)12-16-8-7-9-18(13-16)19-10-11-21(29-5)20(14-19)15-25-23(28)30-24(2,3)4/h7-14H,6,15H2,1-5H3,(H,25,28)(H,26,27). The zero-order valence-corrected chi connectivity index (χ0v) is 18.1. The molecule has 1 amide bonds. The molecule has 0 aromatic heterocycles. The number of methoxy groups -OCH3 is 1. The van der Waals surface area contributed by atoms with Gasteiger partial charge in [0.1, 0.15) is 11.4 Å². The summed E-state index contributed by atoms with van der Waals surface area (Å²) in [5.74, 6) is -0.257. The lowest BCUT2D eigenvalue weighted by molar-refractivity contribution is -0.132. The second-order valence-electron chi connectivity index (χ2n) is 7.84. The molecule has 0 aliphatic heterocycles. The highest BCUT2D eigenvalue weighted by molar-refractivity contribution is 5.92. The van der Waals surface area contributed by atoms with E-state index in [0.29, 0.717) is 17.7 Å². The van der Waals surface area contributed by atoms with E-state index in [1.54, 1.807) is 13.2 Å². The van der Waals surface area contributed by atoms with Gasteiger partial charge in [-0.3, -0.25) is 0 Å². The minimum atomic E-state index is -0.914. The summed E-state index contributed by atoms with van der Waals surface area (Å²) in [6.45, 7) is 7.50. The normalized spacial score (nSPS) is 11.7. The Bertz CT molecular complexity index is 941. The van der Waals surface area contributed by atoms with Crippen molar-refractivity contribution in [3.05, 3.63) is 59.2 Å². The highest BCUT2D eigenvalue weighted by Gasteiger charge is 2.16. The Morgan fingerprint density at radius 2 is 1.80 bits per heavy atom. The van der Waals surface area contributed by atoms with Gasteiger partial charge in [-0.1, -0.05) is 31.2 Å². The predicted molar refractivity (Wildman–Crippen MR) is 117 cm³/mol. The maximum atomic E-state index is 12.0. The molecule has 2 aromatic carbocycles. The number of carboxylic acids is 1. The Kier molecular flexibility index (Phi) is 7.64. The van der Waals surface area contributed by atoms with Crippen LogP contribution in [0, 0.1) is 0 Å². The van der Waals surface area contributed by atoms with Gasteiger partial charge in [-0.2, -0.15) is 0 Å². The van der Waals surface area contributed by atoms with Crippen molar-refractivity contribution in [3.63, 3.8) is 0 Å². The van der Waals surface area contributed by atoms with Gasteiger partial charge in [0.15, 0.2) is 0 Å². The number of carbonyl (C=O) groups is 2. The van der Waals surface area contributed by atoms with Crippen LogP contribution in [0.5, 0.6) is 5.75 Å². The second kappa shape index (κ2) is 9.96. The lowest BCUT2D eigenvalue weighted by Gasteiger charge is -2.20. The van der Waals surface area contributed by atoms with Crippen LogP contribution in [0.3, 0.4) is 0 Å². The van der Waals surface area contributed by atoms with Crippen LogP contribution in [0.15, 0.2) is 48.0 Å². The summed E-state index contributed by atoms with van der Waals surface area (Å²) in [5.41, 5.74) is 3.27. The molecule has 0 fully saturated rings. The SMILES string of the molecule is CCC(=Cc1cccc(-c2ccc(OC)c(CNC(=O)OC(C)(C)C)c2)c1)C(=O)O. The van der Waals surface area contributed by atoms with Gasteiger partial charge < -0.3 is 19.9 Å². The topological polar surface area (TPSA) is 84.9 Å². The van der Waals surface area contributed by atoms with Crippen molar-refractivity contribution in [2.75, 3.05) is 7.11 Å². The molecular formula is C24H29NO5. The molecule has 0 radical (unpaired) electrons. The molecule has 0 aliphatic carbocycles. The highest BCUT2D eigenvalue weighted by atomic mass is 16.6. The maximum absolute atomic E-state index is 12.0. The van der Waals surface area contributed by atoms with E-state index >= 15 is 0 Å². The Labute approximate surface area is 177 Å². The number of carbonyl (C=O) groups excluding carboxylic acids is 1. The molecule has 2 rings (SSSR count). The third-order valence-electron chi connectivity index (χ3n) is 4.32. The number of hydrogen-bond acceptors (Lipinski definition) is 4. The molecule has 0 saturated heterocycles. The van der Waals surface area contributed by atoms with Crippen LogP contribution in [0.25, 0.3) is 17.2 Å². The summed E-state index contributed by atoms with van der Waals surface area (Å²) in [5, 5.41) is 12.0. The van der Waals surface area contributed by atoms with Crippen molar-refractivity contribution in [2.24, 2.45) is 0 Å². The van der Waals surface area contributed by atoms with Gasteiger partial charge in [0, 0.05) is 17.7 Å². The van der Waals surface area contributed by atoms with E-state index in [9.17, 15) is 14.7 Å². The minimum Gasteiger partial charge on any atom is -0.496 e. The summed E-state index contributed by atoms with van der Waals surface area (Å²) in [6, 6.07) is 13.4. The van der Waals surface area contributed by atoms with Crippen LogP contribution in [-0.2, 0) is 16.1 Å². The average molecular weight is 411 g/mol. The van der Waals surface area contributed by atoms with E-state index < -0.39 is 17.7 Å². The Morgan fingerprint density at radius 3 is 2.40 bits per heavy atom. The molecule has 6 heteroatoms. The summed E-state index contributed by atoms with van der Waals surface area (Å²) < 4.78 is 10.7. The molecule has 160 valence electrons. The van der Waals surface area contributed by atoms with Crippen molar-refractivity contribution < 1.29 is 24.2 Å². The summed E-state index contributed by atoms with van der Waals surface area (Å²) in [6.07, 6.45) is 1.63. The summed E-state index contributed by atoms with van der Waals surface area (Å²) in [4.78, 5) is 23.3. The molecular weight excluding hydrogens is 382 g/mol. The number of amides is 1. The zero-order valence-electron chi connectivity index (χ0n) is 18.1. The van der Waals surface area contributed by atoms with Gasteiger partial charge in [0.2, 0.25) is 0 Å². The lowest BCUT2D eigenvalue weighted by atomic mass is 9.99. The van der Waals surface area contributed by atoms with Crippen molar-refractivity contribution in [1.29, 1.82) is 0 Å². The smallest absolute Gasteiger partial charge is 0.407 e. The molecule has 6 nitrogen and oxygen atoms in total. The van der Waals surface area contributed by atoms with Crippen LogP contribution in [-0.4, -0.2) is 29.9 Å². The lowest BCUT2D eigenvalue weighted by Crippen LogP contribution is -2.32. The number of ether oxygens (including phenoxy) is 2. The first-order valence-corrected chi connectivity index (χ1v) is 9.81. The fourth-order valence-electron chi connectivity index (χ4n) is 2.90. The molecule has 2 N–H and O–H groups in total. The summed E-state index contributed by atoms with van der Waals surface area (Å²) >= 11 is 0. The first-order chi connectivity index (χ1) is 14.1. The van der Waals surface area contributed by atoms with Gasteiger partial charge in [0.05, 0.1) is 7.11 Å². The van der Waals surface area contributed by atoms with Crippen LogP contribution in [0.1, 0.15) is 45.2 Å². The number of nitrogens with one attached hydrogen (secondary N) is 1. The van der Waals surface area contributed by atoms with Crippen LogP contribution < -0.4 is 10.1 Å². The van der Waals surface area contributed by atoms with Crippen molar-refractivity contribution in [2.45, 2.75) is 46.3 Å². The Balaban J connectivity index is 2.29. The van der Waals surface area contributed by atoms with Gasteiger partial charge >= 0.3 is 12.1 Å². The van der Waals surface area contributed by atoms with Crippen molar-refractivity contribution in [3.8, 4) is 16.9 Å². The van der Waals surface area contributed by atoms with Crippen LogP contribution in [0.4, 0.5) is 4.79 Å². The van der Waals surface area contributed by atoms with E-state index in [2.05, 4.69) is 5.32 Å². The number of aliphatic carboxylic acids is 1. The predicted octanol–water partition coefficient (Wildman–Crippen LogP) is 5.26. The monoisotopic (exact) mass is 411 g/mol. The Morgan fingerprint density at radius 1 is 1.10 bits per heavy atom. The quantitative estimate of drug-likeness (QED) is 0.607. The number of rotatable bonds is 7. The van der Waals surface area contributed by atoms with E-state index in [1.165, 1.54) is 0 Å². The first kappa shape index (κ1) is 23.0. The molecule has 0 unspecified atom stereocenters. The number of hydrogen-bond donors (Lipinski definition) is 2. The van der Waals surface area contributed by atoms with Crippen LogP contribution in [0.2, 0.25) is 0 Å².